The molecule has 7 heteroatoms. The SMILES string of the molecule is c1ccc(-c2ccc3c(oc4ccccc43)c2N2c3cc4c5ccccc5n(-c5ccccc5)c4cc3B3c4cc5c(cc4N(c4c(-c6ccccc6)ccc6c4oc4ccccc46)c4cc(-c6cccc7ccccc67)cc2c43)c2ccccc2n5-c2ccccc2)cc1. The Balaban J connectivity index is 1.01. The van der Waals surface area contributed by atoms with Gasteiger partial charge in [-0.1, -0.05) is 224 Å². The second-order valence-corrected chi connectivity index (χ2v) is 25.4. The summed E-state index contributed by atoms with van der Waals surface area (Å²) in [6.07, 6.45) is 0. The van der Waals surface area contributed by atoms with E-state index in [1.807, 2.05) is 0 Å². The molecule has 95 heavy (non-hydrogen) atoms. The first-order chi connectivity index (χ1) is 47.2. The van der Waals surface area contributed by atoms with Crippen LogP contribution in [-0.4, -0.2) is 15.8 Å². The number of benzene rings is 15. The first kappa shape index (κ1) is 52.1. The highest BCUT2D eigenvalue weighted by Gasteiger charge is 2.47. The maximum atomic E-state index is 7.47. The highest BCUT2D eigenvalue weighted by Crippen LogP contribution is 2.56. The summed E-state index contributed by atoms with van der Waals surface area (Å²) in [5, 5.41) is 11.2. The molecule has 0 saturated heterocycles. The summed E-state index contributed by atoms with van der Waals surface area (Å²) in [4.78, 5) is 5.23. The van der Waals surface area contributed by atoms with Crippen molar-refractivity contribution >= 4 is 155 Å². The lowest BCUT2D eigenvalue weighted by Gasteiger charge is -2.45. The monoisotopic (exact) mass is 1210 g/mol. The number of furan rings is 2. The van der Waals surface area contributed by atoms with Gasteiger partial charge in [0, 0.05) is 88.3 Å². The van der Waals surface area contributed by atoms with Crippen LogP contribution in [0, 0.1) is 0 Å². The van der Waals surface area contributed by atoms with Crippen molar-refractivity contribution in [2.75, 3.05) is 9.80 Å². The lowest BCUT2D eigenvalue weighted by atomic mass is 9.33. The largest absolute Gasteiger partial charge is 0.454 e. The molecule has 21 rings (SSSR count). The third kappa shape index (κ3) is 7.46. The fourth-order valence-electron chi connectivity index (χ4n) is 16.4. The van der Waals surface area contributed by atoms with E-state index in [0.29, 0.717) is 0 Å². The summed E-state index contributed by atoms with van der Waals surface area (Å²) in [7, 11) is 0. The van der Waals surface area contributed by atoms with Crippen LogP contribution in [0.5, 0.6) is 0 Å². The van der Waals surface area contributed by atoms with Gasteiger partial charge in [-0.25, -0.2) is 0 Å². The minimum Gasteiger partial charge on any atom is -0.454 e. The number of aromatic nitrogens is 2. The molecular formula is C88H53BN4O2. The molecule has 15 aromatic carbocycles. The molecule has 2 aliphatic heterocycles. The Kier molecular flexibility index (Phi) is 10.9. The number of rotatable bonds is 7. The van der Waals surface area contributed by atoms with Gasteiger partial charge in [0.25, 0.3) is 6.71 Å². The molecule has 0 spiro atoms. The van der Waals surface area contributed by atoms with Crippen molar-refractivity contribution in [3.05, 3.63) is 322 Å². The molecule has 0 radical (unpaired) electrons. The molecule has 440 valence electrons. The van der Waals surface area contributed by atoms with E-state index in [4.69, 9.17) is 8.83 Å². The van der Waals surface area contributed by atoms with E-state index in [-0.39, 0.29) is 6.71 Å². The van der Waals surface area contributed by atoms with E-state index in [2.05, 4.69) is 340 Å². The average Bonchev–Trinajstić information content (AvgIpc) is 1.69. The molecule has 4 aromatic heterocycles. The lowest BCUT2D eigenvalue weighted by molar-refractivity contribution is 0.669. The molecule has 6 heterocycles. The van der Waals surface area contributed by atoms with Gasteiger partial charge in [-0.05, 0) is 146 Å². The molecule has 0 amide bonds. The maximum absolute atomic E-state index is 7.47. The fourth-order valence-corrected chi connectivity index (χ4v) is 16.4. The summed E-state index contributed by atoms with van der Waals surface area (Å²) >= 11 is 0. The van der Waals surface area contributed by atoms with Crippen LogP contribution in [0.4, 0.5) is 34.1 Å². The number of nitrogens with zero attached hydrogens (tertiary/aromatic N) is 4. The molecule has 19 aromatic rings. The van der Waals surface area contributed by atoms with Gasteiger partial charge in [-0.3, -0.25) is 0 Å². The number of fused-ring (bicyclic) bond motifs is 17. The topological polar surface area (TPSA) is 42.6 Å². The van der Waals surface area contributed by atoms with Gasteiger partial charge in [0.15, 0.2) is 11.2 Å². The summed E-state index contributed by atoms with van der Waals surface area (Å²) in [6.45, 7) is -0.345. The first-order valence-electron chi connectivity index (χ1n) is 32.7. The average molecular weight is 1210 g/mol. The Morgan fingerprint density at radius 3 is 1.16 bits per heavy atom. The normalized spacial score (nSPS) is 12.8. The zero-order chi connectivity index (χ0) is 62.0. The summed E-state index contributed by atoms with van der Waals surface area (Å²) in [5.74, 6) is 0. The van der Waals surface area contributed by atoms with Crippen LogP contribution in [-0.2, 0) is 0 Å². The molecule has 0 saturated carbocycles. The van der Waals surface area contributed by atoms with E-state index in [0.717, 1.165) is 161 Å². The van der Waals surface area contributed by atoms with Crippen molar-refractivity contribution < 1.29 is 8.83 Å². The highest BCUT2D eigenvalue weighted by atomic mass is 16.3. The van der Waals surface area contributed by atoms with Gasteiger partial charge in [0.1, 0.15) is 11.2 Å². The number of anilines is 6. The molecule has 6 nitrogen and oxygen atoms in total. The van der Waals surface area contributed by atoms with Crippen molar-refractivity contribution in [3.63, 3.8) is 0 Å². The fraction of sp³-hybridized carbons (Fsp3) is 0. The predicted molar refractivity (Wildman–Crippen MR) is 398 cm³/mol. The molecular weight excluding hydrogens is 1160 g/mol. The van der Waals surface area contributed by atoms with Gasteiger partial charge in [0.05, 0.1) is 33.4 Å². The van der Waals surface area contributed by atoms with E-state index >= 15 is 0 Å². The van der Waals surface area contributed by atoms with Gasteiger partial charge in [-0.2, -0.15) is 0 Å². The molecule has 0 N–H and O–H groups in total. The van der Waals surface area contributed by atoms with Crippen molar-refractivity contribution in [2.45, 2.75) is 0 Å². The second-order valence-electron chi connectivity index (χ2n) is 25.4. The number of hydrogen-bond acceptors (Lipinski definition) is 4. The highest BCUT2D eigenvalue weighted by molar-refractivity contribution is 7.00. The summed E-state index contributed by atoms with van der Waals surface area (Å²) in [6, 6.07) is 118. The number of hydrogen-bond donors (Lipinski definition) is 0. The Morgan fingerprint density at radius 1 is 0.253 bits per heavy atom. The summed E-state index contributed by atoms with van der Waals surface area (Å²) in [5.41, 5.74) is 26.2. The van der Waals surface area contributed by atoms with Gasteiger partial charge in [0.2, 0.25) is 0 Å². The van der Waals surface area contributed by atoms with Crippen LogP contribution in [0.25, 0.3) is 143 Å². The molecule has 2 aliphatic rings. The molecule has 0 fully saturated rings. The van der Waals surface area contributed by atoms with E-state index in [1.54, 1.807) is 0 Å². The quantitative estimate of drug-likeness (QED) is 0.149. The number of para-hydroxylation sites is 6. The van der Waals surface area contributed by atoms with Crippen LogP contribution >= 0.6 is 0 Å². The first-order valence-corrected chi connectivity index (χ1v) is 32.7. The molecule has 0 aliphatic carbocycles. The lowest BCUT2D eigenvalue weighted by Crippen LogP contribution is -2.61. The maximum Gasteiger partial charge on any atom is 0.252 e. The van der Waals surface area contributed by atoms with Crippen molar-refractivity contribution in [1.29, 1.82) is 0 Å². The Bertz CT molecular complexity index is 6070. The van der Waals surface area contributed by atoms with Crippen LogP contribution < -0.4 is 26.2 Å². The Morgan fingerprint density at radius 2 is 0.663 bits per heavy atom. The Hall–Kier alpha value is -12.6. The van der Waals surface area contributed by atoms with Crippen LogP contribution in [0.1, 0.15) is 0 Å². The zero-order valence-electron chi connectivity index (χ0n) is 51.3. The summed E-state index contributed by atoms with van der Waals surface area (Å²) < 4.78 is 19.9. The van der Waals surface area contributed by atoms with E-state index in [9.17, 15) is 0 Å². The standard InChI is InChI=1S/C88H53BN4O2/c1-5-24-55(25-6-1)62-44-46-68-66-37-17-21-42-82(66)94-87(68)85(62)92-78-50-70-64-35-15-19-40-74(64)90(58-30-9-3-10-31-58)76(70)52-72(78)89-73-53-77-71(65-36-16-20-41-75(65)91(77)59-32-11-4-12-33-59)51-79(73)93(81-49-57(48-80(92)84(81)89)61-39-23-29-54-28-13-14-34-60(54)61)86-63(56-26-7-2-8-27-56)45-47-69-67-38-18-22-43-83(67)95-88(69)86/h1-53H. The van der Waals surface area contributed by atoms with E-state index < -0.39 is 0 Å². The van der Waals surface area contributed by atoms with Gasteiger partial charge in [-0.15, -0.1) is 0 Å². The van der Waals surface area contributed by atoms with Gasteiger partial charge < -0.3 is 27.8 Å². The predicted octanol–water partition coefficient (Wildman–Crippen LogP) is 21.9. The van der Waals surface area contributed by atoms with Crippen molar-refractivity contribution in [3.8, 4) is 44.8 Å². The van der Waals surface area contributed by atoms with E-state index in [1.165, 1.54) is 32.5 Å². The third-order valence-corrected chi connectivity index (χ3v) is 20.4. The van der Waals surface area contributed by atoms with Gasteiger partial charge >= 0.3 is 0 Å². The molecule has 0 bridgehead atoms. The smallest absolute Gasteiger partial charge is 0.252 e. The minimum atomic E-state index is -0.345. The second kappa shape index (κ2) is 20.0. The van der Waals surface area contributed by atoms with Crippen molar-refractivity contribution in [2.24, 2.45) is 0 Å². The zero-order valence-corrected chi connectivity index (χ0v) is 51.3. The van der Waals surface area contributed by atoms with Crippen molar-refractivity contribution in [1.82, 2.24) is 9.13 Å². The van der Waals surface area contributed by atoms with Crippen LogP contribution in [0.15, 0.2) is 330 Å². The Labute approximate surface area is 546 Å². The molecule has 0 unspecified atom stereocenters. The molecule has 0 atom stereocenters. The third-order valence-electron chi connectivity index (χ3n) is 20.4. The van der Waals surface area contributed by atoms with Crippen LogP contribution in [0.3, 0.4) is 0 Å². The van der Waals surface area contributed by atoms with Crippen LogP contribution in [0.2, 0.25) is 0 Å². The minimum absolute atomic E-state index is 0.345.